The molecule has 2 aromatic carbocycles. The summed E-state index contributed by atoms with van der Waals surface area (Å²) in [5, 5.41) is 10.3. The third-order valence-corrected chi connectivity index (χ3v) is 8.56. The molecule has 0 aromatic heterocycles. The van der Waals surface area contributed by atoms with Crippen LogP contribution in [0.4, 0.5) is 23.2 Å². The molecule has 2 heterocycles. The van der Waals surface area contributed by atoms with Gasteiger partial charge in [-0.05, 0) is 28.7 Å². The minimum atomic E-state index is -4.62. The number of phenolic OH excluding ortho intramolecular Hbond substituents is 1. The summed E-state index contributed by atoms with van der Waals surface area (Å²) < 4.78 is 104. The second kappa shape index (κ2) is 8.09. The summed E-state index contributed by atoms with van der Waals surface area (Å²) in [4.78, 5) is 11.5. The zero-order valence-corrected chi connectivity index (χ0v) is 18.8. The van der Waals surface area contributed by atoms with Crippen LogP contribution >= 0.6 is 0 Å². The Morgan fingerprint density at radius 2 is 1.85 bits per heavy atom. The van der Waals surface area contributed by atoms with E-state index in [9.17, 15) is 39.9 Å². The van der Waals surface area contributed by atoms with E-state index in [0.717, 1.165) is 10.4 Å². The smallest absolute Gasteiger partial charge is 0.390 e. The van der Waals surface area contributed by atoms with E-state index in [4.69, 9.17) is 0 Å². The number of amides is 1. The summed E-state index contributed by atoms with van der Waals surface area (Å²) in [5.74, 6) is -3.83. The number of nitrogens with one attached hydrogen (secondary N) is 1. The van der Waals surface area contributed by atoms with Crippen LogP contribution in [0.2, 0.25) is 0 Å². The number of halogens is 4. The van der Waals surface area contributed by atoms with Gasteiger partial charge in [0.05, 0.1) is 12.2 Å². The fraction of sp³-hybridized carbons (Fsp3) is 0.316. The van der Waals surface area contributed by atoms with Crippen LogP contribution in [0.5, 0.6) is 5.75 Å². The number of aromatic hydroxyl groups is 1. The Bertz CT molecular complexity index is 1440. The maximum Gasteiger partial charge on any atom is 0.390 e. The number of carbonyl (C=O) groups excluding carboxylic acids is 1. The van der Waals surface area contributed by atoms with Gasteiger partial charge in [-0.25, -0.2) is 21.8 Å². The van der Waals surface area contributed by atoms with Crippen molar-refractivity contribution >= 4 is 48.2 Å². The van der Waals surface area contributed by atoms with E-state index in [1.807, 2.05) is 0 Å². The van der Waals surface area contributed by atoms with Crippen molar-refractivity contribution in [1.82, 2.24) is 9.03 Å². The lowest BCUT2D eigenvalue weighted by Gasteiger charge is -2.19. The predicted octanol–water partition coefficient (Wildman–Crippen LogP) is 1.85. The van der Waals surface area contributed by atoms with Crippen molar-refractivity contribution < 1.29 is 44.3 Å². The Hall–Kier alpha value is -2.91. The molecule has 0 unspecified atom stereocenters. The molecule has 0 radical (unpaired) electrons. The fourth-order valence-corrected chi connectivity index (χ4v) is 6.29. The van der Waals surface area contributed by atoms with Crippen molar-refractivity contribution in [3.8, 4) is 5.75 Å². The van der Waals surface area contributed by atoms with Gasteiger partial charge in [0.15, 0.2) is 5.82 Å². The highest BCUT2D eigenvalue weighted by Crippen LogP contribution is 2.39. The highest BCUT2D eigenvalue weighted by atomic mass is 32.2. The van der Waals surface area contributed by atoms with E-state index < -0.39 is 68.3 Å². The molecular formula is C19H17F4N3O6S2. The molecule has 0 saturated carbocycles. The van der Waals surface area contributed by atoms with Gasteiger partial charge < -0.3 is 5.11 Å². The van der Waals surface area contributed by atoms with Crippen molar-refractivity contribution in [3.05, 3.63) is 41.7 Å². The highest BCUT2D eigenvalue weighted by Gasteiger charge is 2.38. The van der Waals surface area contributed by atoms with Crippen LogP contribution in [0.3, 0.4) is 0 Å². The molecule has 1 amide bonds. The predicted molar refractivity (Wildman–Crippen MR) is 114 cm³/mol. The van der Waals surface area contributed by atoms with Crippen LogP contribution in [0, 0.1) is 5.82 Å². The monoisotopic (exact) mass is 523 g/mol. The average Bonchev–Trinajstić information content (AvgIpc) is 3.31. The summed E-state index contributed by atoms with van der Waals surface area (Å²) in [7, 11) is -8.58. The van der Waals surface area contributed by atoms with Crippen LogP contribution in [0.15, 0.2) is 30.3 Å². The zero-order chi connectivity index (χ0) is 25.1. The van der Waals surface area contributed by atoms with E-state index in [2.05, 4.69) is 0 Å². The van der Waals surface area contributed by atoms with Crippen molar-refractivity contribution in [3.63, 3.8) is 0 Å². The molecule has 1 saturated heterocycles. The molecule has 2 N–H and O–H groups in total. The number of carbonyl (C=O) groups is 1. The summed E-state index contributed by atoms with van der Waals surface area (Å²) in [5.41, 5.74) is 0.0481. The van der Waals surface area contributed by atoms with Crippen molar-refractivity contribution in [1.29, 1.82) is 0 Å². The molecule has 2 aliphatic heterocycles. The molecule has 2 aliphatic rings. The van der Waals surface area contributed by atoms with Gasteiger partial charge in [0, 0.05) is 18.5 Å². The van der Waals surface area contributed by atoms with E-state index in [1.54, 1.807) is 4.72 Å². The van der Waals surface area contributed by atoms with Gasteiger partial charge in [0.2, 0.25) is 10.0 Å². The molecule has 1 fully saturated rings. The third-order valence-electron chi connectivity index (χ3n) is 5.40. The van der Waals surface area contributed by atoms with Gasteiger partial charge in [-0.3, -0.25) is 4.79 Å². The van der Waals surface area contributed by atoms with Gasteiger partial charge in [0.1, 0.15) is 18.0 Å². The molecule has 0 aliphatic carbocycles. The molecule has 0 bridgehead atoms. The molecule has 9 nitrogen and oxygen atoms in total. The quantitative estimate of drug-likeness (QED) is 0.577. The minimum absolute atomic E-state index is 0.112. The number of hydrogen-bond acceptors (Lipinski definition) is 6. The Balaban J connectivity index is 1.65. The first-order valence-electron chi connectivity index (χ1n) is 9.70. The van der Waals surface area contributed by atoms with Gasteiger partial charge in [-0.15, -0.1) is 0 Å². The molecule has 34 heavy (non-hydrogen) atoms. The first kappa shape index (κ1) is 24.2. The first-order valence-corrected chi connectivity index (χ1v) is 12.8. The zero-order valence-electron chi connectivity index (χ0n) is 17.1. The van der Waals surface area contributed by atoms with Gasteiger partial charge in [0.25, 0.3) is 5.91 Å². The number of nitrogens with zero attached hydrogens (tertiary/aromatic N) is 2. The molecule has 2 aromatic rings. The molecule has 15 heteroatoms. The topological polar surface area (TPSA) is 124 Å². The lowest BCUT2D eigenvalue weighted by molar-refractivity contribution is -0.130. The van der Waals surface area contributed by atoms with Crippen molar-refractivity contribution in [2.75, 3.05) is 29.7 Å². The Kier molecular flexibility index (Phi) is 5.77. The number of hydrogen-bond donors (Lipinski definition) is 2. The number of anilines is 1. The van der Waals surface area contributed by atoms with Gasteiger partial charge in [-0.2, -0.15) is 25.9 Å². The third kappa shape index (κ3) is 4.54. The Morgan fingerprint density at radius 1 is 1.15 bits per heavy atom. The molecular weight excluding hydrogens is 506 g/mol. The minimum Gasteiger partial charge on any atom is -0.506 e. The largest absolute Gasteiger partial charge is 0.506 e. The second-order valence-electron chi connectivity index (χ2n) is 7.73. The summed E-state index contributed by atoms with van der Waals surface area (Å²) in [6.45, 7) is -1.11. The maximum atomic E-state index is 15.4. The number of phenols is 1. The number of fused-ring (bicyclic) bond motifs is 1. The maximum absolute atomic E-state index is 15.4. The highest BCUT2D eigenvalue weighted by molar-refractivity contribution is 7.92. The van der Waals surface area contributed by atoms with Gasteiger partial charge >= 0.3 is 16.4 Å². The number of rotatable bonds is 5. The van der Waals surface area contributed by atoms with Crippen LogP contribution in [-0.2, 0) is 25.0 Å². The number of benzene rings is 2. The average molecular weight is 523 g/mol. The van der Waals surface area contributed by atoms with Crippen LogP contribution in [-0.4, -0.2) is 63.7 Å². The standard InChI is InChI=1S/C19H17F4N3O6S2/c20-17-14-7-11(13-3-5-25(9-13)33(29,30)6-4-19(21,22)23)1-2-12(14)8-15(27)18(17)26-10-16(28)24-34(26,31)32/h1-3,7-8,27H,4-6,9-10H2,(H,24,28). The van der Waals surface area contributed by atoms with Gasteiger partial charge in [-0.1, -0.05) is 18.2 Å². The van der Waals surface area contributed by atoms with E-state index in [1.165, 1.54) is 24.3 Å². The molecule has 0 spiro atoms. The lowest BCUT2D eigenvalue weighted by Crippen LogP contribution is -2.32. The summed E-state index contributed by atoms with van der Waals surface area (Å²) >= 11 is 0. The molecule has 184 valence electrons. The Morgan fingerprint density at radius 3 is 2.47 bits per heavy atom. The van der Waals surface area contributed by atoms with Crippen LogP contribution in [0.25, 0.3) is 16.3 Å². The second-order valence-corrected chi connectivity index (χ2v) is 11.4. The van der Waals surface area contributed by atoms with E-state index >= 15 is 4.39 Å². The number of sulfonamides is 1. The summed E-state index contributed by atoms with van der Waals surface area (Å²) in [6, 6.07) is 5.35. The van der Waals surface area contributed by atoms with Crippen molar-refractivity contribution in [2.45, 2.75) is 12.6 Å². The molecule has 4 rings (SSSR count). The van der Waals surface area contributed by atoms with E-state index in [-0.39, 0.29) is 23.9 Å². The Labute approximate surface area is 191 Å². The SMILES string of the molecule is O=C1CN(c2c(O)cc3ccc(C4=CCN(S(=O)(=O)CCC(F)(F)F)C4)cc3c2F)S(=O)(=O)N1. The van der Waals surface area contributed by atoms with Crippen molar-refractivity contribution in [2.24, 2.45) is 0 Å². The summed E-state index contributed by atoms with van der Waals surface area (Å²) in [6.07, 6.45) is -4.62. The first-order chi connectivity index (χ1) is 15.7. The number of alkyl halides is 3. The van der Waals surface area contributed by atoms with Crippen LogP contribution < -0.4 is 9.03 Å². The fourth-order valence-electron chi connectivity index (χ4n) is 3.74. The lowest BCUT2D eigenvalue weighted by atomic mass is 10.0. The normalized spacial score (nSPS) is 19.0. The van der Waals surface area contributed by atoms with Crippen LogP contribution in [0.1, 0.15) is 12.0 Å². The van der Waals surface area contributed by atoms with E-state index in [0.29, 0.717) is 15.4 Å². The molecule has 0 atom stereocenters.